The molecule has 4 nitrogen and oxygen atoms in total. The summed E-state index contributed by atoms with van der Waals surface area (Å²) in [4.78, 5) is 7.04. The summed E-state index contributed by atoms with van der Waals surface area (Å²) in [5.41, 5.74) is 4.21. The lowest BCUT2D eigenvalue weighted by Crippen LogP contribution is -2.08. The number of nitrogen functional groups attached to an aromatic ring is 1. The SMILES string of the molecule is Nc1cnc(Nc2c(F)c(F)c(F)c(F)c2F)nc1. The van der Waals surface area contributed by atoms with Gasteiger partial charge in [-0.25, -0.2) is 31.9 Å². The summed E-state index contributed by atoms with van der Waals surface area (Å²) < 4.78 is 65.2. The molecule has 1 aromatic heterocycles. The van der Waals surface area contributed by atoms with Crippen molar-refractivity contribution in [3.63, 3.8) is 0 Å². The molecule has 0 spiro atoms. The Balaban J connectivity index is 2.48. The molecule has 0 bridgehead atoms. The van der Waals surface area contributed by atoms with Gasteiger partial charge in [-0.2, -0.15) is 0 Å². The Bertz CT molecular complexity index is 600. The quantitative estimate of drug-likeness (QED) is 0.502. The fourth-order valence-electron chi connectivity index (χ4n) is 1.23. The van der Waals surface area contributed by atoms with Crippen molar-refractivity contribution in [2.75, 3.05) is 11.1 Å². The zero-order valence-corrected chi connectivity index (χ0v) is 9.02. The molecule has 3 N–H and O–H groups in total. The number of nitrogens with one attached hydrogen (secondary N) is 1. The van der Waals surface area contributed by atoms with Crippen molar-refractivity contribution in [2.45, 2.75) is 0 Å². The number of anilines is 3. The van der Waals surface area contributed by atoms with Gasteiger partial charge in [-0.15, -0.1) is 0 Å². The van der Waals surface area contributed by atoms with Crippen LogP contribution in [-0.4, -0.2) is 9.97 Å². The van der Waals surface area contributed by atoms with Crippen molar-refractivity contribution in [3.05, 3.63) is 41.5 Å². The Hall–Kier alpha value is -2.45. The van der Waals surface area contributed by atoms with Crippen molar-refractivity contribution in [2.24, 2.45) is 0 Å². The largest absolute Gasteiger partial charge is 0.396 e. The van der Waals surface area contributed by atoms with E-state index < -0.39 is 34.8 Å². The first-order valence-electron chi connectivity index (χ1n) is 4.77. The molecule has 0 radical (unpaired) electrons. The summed E-state index contributed by atoms with van der Waals surface area (Å²) in [5.74, 6) is -10.7. The molecule has 9 heteroatoms. The van der Waals surface area contributed by atoms with Gasteiger partial charge in [0.2, 0.25) is 11.8 Å². The second kappa shape index (κ2) is 4.67. The van der Waals surface area contributed by atoms with Crippen LogP contribution in [0.3, 0.4) is 0 Å². The van der Waals surface area contributed by atoms with E-state index in [1.54, 1.807) is 0 Å². The molecule has 1 heterocycles. The molecular weight excluding hydrogens is 271 g/mol. The lowest BCUT2D eigenvalue weighted by atomic mass is 10.2. The monoisotopic (exact) mass is 276 g/mol. The smallest absolute Gasteiger partial charge is 0.227 e. The summed E-state index contributed by atoms with van der Waals surface area (Å²) in [6.07, 6.45) is 2.20. The second-order valence-electron chi connectivity index (χ2n) is 3.41. The number of hydrogen-bond acceptors (Lipinski definition) is 4. The molecule has 0 amide bonds. The molecule has 0 saturated carbocycles. The lowest BCUT2D eigenvalue weighted by Gasteiger charge is -2.09. The molecule has 2 aromatic rings. The van der Waals surface area contributed by atoms with Gasteiger partial charge in [0.15, 0.2) is 23.3 Å². The van der Waals surface area contributed by atoms with Crippen LogP contribution < -0.4 is 11.1 Å². The van der Waals surface area contributed by atoms with Crippen LogP contribution >= 0.6 is 0 Å². The summed E-state index contributed by atoms with van der Waals surface area (Å²) >= 11 is 0. The van der Waals surface area contributed by atoms with Gasteiger partial charge in [-0.3, -0.25) is 0 Å². The van der Waals surface area contributed by atoms with Crippen molar-refractivity contribution >= 4 is 17.3 Å². The number of rotatable bonds is 2. The van der Waals surface area contributed by atoms with Gasteiger partial charge in [-0.1, -0.05) is 0 Å². The van der Waals surface area contributed by atoms with Gasteiger partial charge < -0.3 is 11.1 Å². The summed E-state index contributed by atoms with van der Waals surface area (Å²) in [6.45, 7) is 0. The van der Waals surface area contributed by atoms with E-state index >= 15 is 0 Å². The van der Waals surface area contributed by atoms with Crippen LogP contribution in [0.2, 0.25) is 0 Å². The third kappa shape index (κ3) is 2.26. The van der Waals surface area contributed by atoms with Crippen LogP contribution in [0.5, 0.6) is 0 Å². The average Bonchev–Trinajstić information content (AvgIpc) is 2.41. The Morgan fingerprint density at radius 1 is 0.789 bits per heavy atom. The zero-order valence-electron chi connectivity index (χ0n) is 9.02. The highest BCUT2D eigenvalue weighted by Crippen LogP contribution is 2.28. The number of nitrogens with zero attached hydrogens (tertiary/aromatic N) is 2. The maximum atomic E-state index is 13.3. The number of aromatic nitrogens is 2. The molecule has 0 atom stereocenters. The fraction of sp³-hybridized carbons (Fsp3) is 0. The maximum Gasteiger partial charge on any atom is 0.227 e. The molecule has 0 aliphatic heterocycles. The highest BCUT2D eigenvalue weighted by atomic mass is 19.2. The zero-order chi connectivity index (χ0) is 14.2. The Morgan fingerprint density at radius 2 is 1.21 bits per heavy atom. The minimum absolute atomic E-state index is 0.169. The third-order valence-electron chi connectivity index (χ3n) is 2.12. The van der Waals surface area contributed by atoms with Crippen LogP contribution in [0.25, 0.3) is 0 Å². The molecule has 0 aliphatic rings. The lowest BCUT2D eigenvalue weighted by molar-refractivity contribution is 0.382. The first-order chi connectivity index (χ1) is 8.91. The number of benzene rings is 1. The van der Waals surface area contributed by atoms with E-state index in [0.717, 1.165) is 12.4 Å². The molecule has 0 unspecified atom stereocenters. The van der Waals surface area contributed by atoms with E-state index in [1.165, 1.54) is 0 Å². The Kier molecular flexibility index (Phi) is 3.19. The number of hydrogen-bond donors (Lipinski definition) is 2. The van der Waals surface area contributed by atoms with E-state index in [0.29, 0.717) is 0 Å². The van der Waals surface area contributed by atoms with Crippen molar-refractivity contribution in [1.82, 2.24) is 9.97 Å². The molecule has 19 heavy (non-hydrogen) atoms. The predicted molar refractivity (Wildman–Crippen MR) is 56.0 cm³/mol. The highest BCUT2D eigenvalue weighted by molar-refractivity contribution is 5.56. The van der Waals surface area contributed by atoms with E-state index in [-0.39, 0.29) is 11.6 Å². The molecule has 0 fully saturated rings. The summed E-state index contributed by atoms with van der Waals surface area (Å²) in [6, 6.07) is 0. The summed E-state index contributed by atoms with van der Waals surface area (Å²) in [7, 11) is 0. The minimum atomic E-state index is -2.24. The molecule has 0 saturated heterocycles. The van der Waals surface area contributed by atoms with Crippen molar-refractivity contribution in [3.8, 4) is 0 Å². The first kappa shape index (κ1) is 13.0. The van der Waals surface area contributed by atoms with E-state index in [2.05, 4.69) is 9.97 Å². The van der Waals surface area contributed by atoms with Crippen LogP contribution in [0.4, 0.5) is 39.3 Å². The summed E-state index contributed by atoms with van der Waals surface area (Å²) in [5, 5.41) is 1.90. The van der Waals surface area contributed by atoms with Crippen LogP contribution in [0.1, 0.15) is 0 Å². The van der Waals surface area contributed by atoms with E-state index in [4.69, 9.17) is 5.73 Å². The van der Waals surface area contributed by atoms with Crippen LogP contribution in [0, 0.1) is 29.1 Å². The highest BCUT2D eigenvalue weighted by Gasteiger charge is 2.26. The molecule has 100 valence electrons. The van der Waals surface area contributed by atoms with Gasteiger partial charge in [0.1, 0.15) is 5.69 Å². The van der Waals surface area contributed by atoms with Crippen LogP contribution in [-0.2, 0) is 0 Å². The van der Waals surface area contributed by atoms with E-state index in [1.807, 2.05) is 5.32 Å². The van der Waals surface area contributed by atoms with Gasteiger partial charge in [-0.05, 0) is 0 Å². The topological polar surface area (TPSA) is 63.8 Å². The first-order valence-corrected chi connectivity index (χ1v) is 4.77. The number of nitrogens with two attached hydrogens (primary N) is 1. The maximum absolute atomic E-state index is 13.3. The van der Waals surface area contributed by atoms with Crippen LogP contribution in [0.15, 0.2) is 12.4 Å². The molecule has 1 aromatic carbocycles. The fourth-order valence-corrected chi connectivity index (χ4v) is 1.23. The minimum Gasteiger partial charge on any atom is -0.396 e. The molecular formula is C10H5F5N4. The normalized spacial score (nSPS) is 10.6. The van der Waals surface area contributed by atoms with Crippen molar-refractivity contribution < 1.29 is 22.0 Å². The van der Waals surface area contributed by atoms with Gasteiger partial charge in [0, 0.05) is 0 Å². The van der Waals surface area contributed by atoms with Crippen molar-refractivity contribution in [1.29, 1.82) is 0 Å². The average molecular weight is 276 g/mol. The molecule has 2 rings (SSSR count). The third-order valence-corrected chi connectivity index (χ3v) is 2.12. The van der Waals surface area contributed by atoms with Gasteiger partial charge in [0.25, 0.3) is 0 Å². The molecule has 0 aliphatic carbocycles. The van der Waals surface area contributed by atoms with Gasteiger partial charge >= 0.3 is 0 Å². The van der Waals surface area contributed by atoms with E-state index in [9.17, 15) is 22.0 Å². The standard InChI is InChI=1S/C10H5F5N4/c11-4-5(12)7(14)9(8(15)6(4)13)19-10-17-1-3(16)2-18-10/h1-2H,16H2,(H,17,18,19). The second-order valence-corrected chi connectivity index (χ2v) is 3.41. The Morgan fingerprint density at radius 3 is 1.68 bits per heavy atom. The Labute approximate surface area is 103 Å². The predicted octanol–water partition coefficient (Wildman–Crippen LogP) is 2.50. The number of halogens is 5. The van der Waals surface area contributed by atoms with Gasteiger partial charge in [0.05, 0.1) is 18.1 Å².